The zero-order chi connectivity index (χ0) is 13.7. The lowest BCUT2D eigenvalue weighted by molar-refractivity contribution is 0.221. The third kappa shape index (κ3) is 3.72. The maximum absolute atomic E-state index is 11.5. The van der Waals surface area contributed by atoms with Crippen molar-refractivity contribution in [1.29, 1.82) is 0 Å². The standard InChI is InChI=1S/C14H19N3O2/c1-10(9-18)7-15-14(19)16-8-12-6-11-4-2-3-5-13(11)17-12/h2-6,10,17-18H,7-9H2,1H3,(H2,15,16,19). The van der Waals surface area contributed by atoms with Gasteiger partial charge in [-0.15, -0.1) is 0 Å². The Morgan fingerprint density at radius 3 is 2.89 bits per heavy atom. The Hall–Kier alpha value is -2.01. The summed E-state index contributed by atoms with van der Waals surface area (Å²) in [6.07, 6.45) is 0. The lowest BCUT2D eigenvalue weighted by atomic mass is 10.2. The monoisotopic (exact) mass is 261 g/mol. The van der Waals surface area contributed by atoms with Gasteiger partial charge >= 0.3 is 6.03 Å². The van der Waals surface area contributed by atoms with Gasteiger partial charge in [0, 0.05) is 24.4 Å². The molecule has 2 rings (SSSR count). The number of urea groups is 1. The van der Waals surface area contributed by atoms with Gasteiger partial charge in [-0.05, 0) is 23.4 Å². The molecule has 0 aliphatic heterocycles. The van der Waals surface area contributed by atoms with Crippen LogP contribution in [0.1, 0.15) is 12.6 Å². The van der Waals surface area contributed by atoms with Crippen molar-refractivity contribution in [2.24, 2.45) is 5.92 Å². The van der Waals surface area contributed by atoms with Crippen LogP contribution >= 0.6 is 0 Å². The van der Waals surface area contributed by atoms with Crippen LogP contribution < -0.4 is 10.6 Å². The summed E-state index contributed by atoms with van der Waals surface area (Å²) in [7, 11) is 0. The number of para-hydroxylation sites is 1. The van der Waals surface area contributed by atoms with Crippen molar-refractivity contribution < 1.29 is 9.90 Å². The van der Waals surface area contributed by atoms with Crippen LogP contribution in [0.15, 0.2) is 30.3 Å². The zero-order valence-corrected chi connectivity index (χ0v) is 10.9. The van der Waals surface area contributed by atoms with E-state index in [2.05, 4.69) is 15.6 Å². The van der Waals surface area contributed by atoms with Crippen molar-refractivity contribution in [2.45, 2.75) is 13.5 Å². The average Bonchev–Trinajstić information content (AvgIpc) is 2.85. The van der Waals surface area contributed by atoms with Crippen molar-refractivity contribution in [3.8, 4) is 0 Å². The van der Waals surface area contributed by atoms with Gasteiger partial charge in [0.05, 0.1) is 6.54 Å². The molecule has 1 heterocycles. The molecule has 0 saturated heterocycles. The molecule has 0 radical (unpaired) electrons. The molecule has 1 aromatic carbocycles. The third-order valence-electron chi connectivity index (χ3n) is 2.95. The number of H-pyrrole nitrogens is 1. The number of nitrogens with one attached hydrogen (secondary N) is 3. The summed E-state index contributed by atoms with van der Waals surface area (Å²) in [6, 6.07) is 9.78. The highest BCUT2D eigenvalue weighted by Crippen LogP contribution is 2.14. The van der Waals surface area contributed by atoms with E-state index in [9.17, 15) is 4.79 Å². The number of hydrogen-bond acceptors (Lipinski definition) is 2. The summed E-state index contributed by atoms with van der Waals surface area (Å²) < 4.78 is 0. The Morgan fingerprint density at radius 1 is 1.37 bits per heavy atom. The fourth-order valence-corrected chi connectivity index (χ4v) is 1.80. The minimum atomic E-state index is -0.223. The first-order valence-electron chi connectivity index (χ1n) is 6.38. The lowest BCUT2D eigenvalue weighted by Gasteiger charge is -2.10. The quantitative estimate of drug-likeness (QED) is 0.659. The molecule has 4 N–H and O–H groups in total. The first-order valence-corrected chi connectivity index (χ1v) is 6.38. The molecule has 19 heavy (non-hydrogen) atoms. The number of rotatable bonds is 5. The van der Waals surface area contributed by atoms with Crippen molar-refractivity contribution >= 4 is 16.9 Å². The van der Waals surface area contributed by atoms with Gasteiger partial charge in [0.15, 0.2) is 0 Å². The zero-order valence-electron chi connectivity index (χ0n) is 10.9. The summed E-state index contributed by atoms with van der Waals surface area (Å²) in [5.41, 5.74) is 2.03. The van der Waals surface area contributed by atoms with Crippen molar-refractivity contribution in [2.75, 3.05) is 13.2 Å². The molecule has 5 nitrogen and oxygen atoms in total. The van der Waals surface area contributed by atoms with Crippen LogP contribution in [0, 0.1) is 5.92 Å². The van der Waals surface area contributed by atoms with Gasteiger partial charge < -0.3 is 20.7 Å². The Bertz CT molecular complexity index is 517. The molecule has 1 aromatic heterocycles. The maximum Gasteiger partial charge on any atom is 0.315 e. The molecular formula is C14H19N3O2. The van der Waals surface area contributed by atoms with Crippen LogP contribution in [0.25, 0.3) is 10.9 Å². The van der Waals surface area contributed by atoms with Crippen molar-refractivity contribution in [3.05, 3.63) is 36.0 Å². The first-order chi connectivity index (χ1) is 9.19. The average molecular weight is 261 g/mol. The van der Waals surface area contributed by atoms with E-state index in [1.807, 2.05) is 37.3 Å². The van der Waals surface area contributed by atoms with E-state index in [1.54, 1.807) is 0 Å². The predicted molar refractivity (Wildman–Crippen MR) is 74.8 cm³/mol. The minimum absolute atomic E-state index is 0.0684. The second kappa shape index (κ2) is 6.24. The third-order valence-corrected chi connectivity index (χ3v) is 2.95. The smallest absolute Gasteiger partial charge is 0.315 e. The number of aromatic nitrogens is 1. The maximum atomic E-state index is 11.5. The summed E-state index contributed by atoms with van der Waals surface area (Å²) in [5.74, 6) is 0.0684. The number of aliphatic hydroxyl groups is 1. The summed E-state index contributed by atoms with van der Waals surface area (Å²) in [6.45, 7) is 2.86. The lowest BCUT2D eigenvalue weighted by Crippen LogP contribution is -2.38. The van der Waals surface area contributed by atoms with E-state index in [1.165, 1.54) is 0 Å². The number of amides is 2. The number of aliphatic hydroxyl groups excluding tert-OH is 1. The largest absolute Gasteiger partial charge is 0.396 e. The SMILES string of the molecule is CC(CO)CNC(=O)NCc1cc2ccccc2[nH]1. The molecule has 2 amide bonds. The van der Waals surface area contributed by atoms with Crippen LogP contribution in [0.5, 0.6) is 0 Å². The molecule has 1 unspecified atom stereocenters. The molecule has 1 atom stereocenters. The molecule has 102 valence electrons. The number of fused-ring (bicyclic) bond motifs is 1. The fourth-order valence-electron chi connectivity index (χ4n) is 1.80. The molecule has 0 bridgehead atoms. The van der Waals surface area contributed by atoms with Gasteiger partial charge in [-0.2, -0.15) is 0 Å². The first kappa shape index (κ1) is 13.4. The normalized spacial score (nSPS) is 12.3. The Labute approximate surface area is 112 Å². The number of benzene rings is 1. The Morgan fingerprint density at radius 2 is 2.16 bits per heavy atom. The molecule has 0 aliphatic carbocycles. The highest BCUT2D eigenvalue weighted by Gasteiger charge is 2.05. The number of hydrogen-bond donors (Lipinski definition) is 4. The van der Waals surface area contributed by atoms with Crippen LogP contribution in [-0.4, -0.2) is 29.3 Å². The number of carbonyl (C=O) groups excluding carboxylic acids is 1. The van der Waals surface area contributed by atoms with Crippen LogP contribution in [0.4, 0.5) is 4.79 Å². The fraction of sp³-hybridized carbons (Fsp3) is 0.357. The Kier molecular flexibility index (Phi) is 4.41. The molecule has 0 saturated carbocycles. The van der Waals surface area contributed by atoms with E-state index in [0.29, 0.717) is 13.1 Å². The summed E-state index contributed by atoms with van der Waals surface area (Å²) in [4.78, 5) is 14.8. The van der Waals surface area contributed by atoms with Crippen molar-refractivity contribution in [3.63, 3.8) is 0 Å². The minimum Gasteiger partial charge on any atom is -0.396 e. The highest BCUT2D eigenvalue weighted by atomic mass is 16.3. The summed E-state index contributed by atoms with van der Waals surface area (Å²) >= 11 is 0. The second-order valence-corrected chi connectivity index (χ2v) is 4.73. The Balaban J connectivity index is 1.83. The molecule has 0 fully saturated rings. The number of aromatic amines is 1. The molecule has 0 spiro atoms. The van der Waals surface area contributed by atoms with E-state index in [-0.39, 0.29) is 18.6 Å². The van der Waals surface area contributed by atoms with Crippen molar-refractivity contribution in [1.82, 2.24) is 15.6 Å². The van der Waals surface area contributed by atoms with Gasteiger partial charge in [-0.3, -0.25) is 0 Å². The highest BCUT2D eigenvalue weighted by molar-refractivity contribution is 5.80. The van der Waals surface area contributed by atoms with Crippen LogP contribution in [0.3, 0.4) is 0 Å². The molecule has 2 aromatic rings. The molecule has 0 aliphatic rings. The van der Waals surface area contributed by atoms with Gasteiger partial charge in [0.1, 0.15) is 0 Å². The van der Waals surface area contributed by atoms with Gasteiger partial charge in [0.2, 0.25) is 0 Å². The topological polar surface area (TPSA) is 77.2 Å². The molecular weight excluding hydrogens is 242 g/mol. The van der Waals surface area contributed by atoms with E-state index in [4.69, 9.17) is 5.11 Å². The number of carbonyl (C=O) groups is 1. The summed E-state index contributed by atoms with van der Waals surface area (Å²) in [5, 5.41) is 15.5. The van der Waals surface area contributed by atoms with Crippen LogP contribution in [0.2, 0.25) is 0 Å². The van der Waals surface area contributed by atoms with Gasteiger partial charge in [0.25, 0.3) is 0 Å². The predicted octanol–water partition coefficient (Wildman–Crippen LogP) is 1.60. The van der Waals surface area contributed by atoms with E-state index in [0.717, 1.165) is 16.6 Å². The second-order valence-electron chi connectivity index (χ2n) is 4.73. The van der Waals surface area contributed by atoms with E-state index >= 15 is 0 Å². The molecule has 5 heteroatoms. The van der Waals surface area contributed by atoms with E-state index < -0.39 is 0 Å². The van der Waals surface area contributed by atoms with Crippen LogP contribution in [-0.2, 0) is 6.54 Å². The van der Waals surface area contributed by atoms with Gasteiger partial charge in [-0.25, -0.2) is 4.79 Å². The van der Waals surface area contributed by atoms with Gasteiger partial charge in [-0.1, -0.05) is 25.1 Å².